The van der Waals surface area contributed by atoms with Crippen molar-refractivity contribution in [1.29, 1.82) is 0 Å². The number of hydrogen-bond acceptors (Lipinski definition) is 15. The van der Waals surface area contributed by atoms with E-state index in [2.05, 4.69) is 49.8 Å². The first kappa shape index (κ1) is 63.1. The van der Waals surface area contributed by atoms with Gasteiger partial charge in [-0.2, -0.15) is 0 Å². The van der Waals surface area contributed by atoms with Crippen LogP contribution in [0.5, 0.6) is 0 Å². The molecule has 7 unspecified atom stereocenters. The summed E-state index contributed by atoms with van der Waals surface area (Å²) < 4.78 is 8.22. The molecule has 0 aromatic heterocycles. The number of carbonyl (C=O) groups excluding carboxylic acids is 10. The zero-order chi connectivity index (χ0) is 53.4. The van der Waals surface area contributed by atoms with E-state index in [4.69, 9.17) is 3.50 Å². The molecule has 0 aromatic carbocycles. The number of nitrogens with one attached hydrogen (secondary N) is 4. The van der Waals surface area contributed by atoms with Crippen LogP contribution in [0.4, 0.5) is 0 Å². The third kappa shape index (κ3) is 19.7. The van der Waals surface area contributed by atoms with Gasteiger partial charge in [0.1, 0.15) is 11.6 Å². The second-order valence-electron chi connectivity index (χ2n) is 19.7. The molecule has 0 heterocycles. The maximum atomic E-state index is 13.8. The minimum atomic E-state index is -1.85. The molecule has 0 aromatic rings. The van der Waals surface area contributed by atoms with E-state index in [1.807, 2.05) is 6.92 Å². The van der Waals surface area contributed by atoms with Crippen molar-refractivity contribution in [2.75, 3.05) is 39.7 Å². The Hall–Kier alpha value is -4.02. The van der Waals surface area contributed by atoms with E-state index in [0.29, 0.717) is 64.2 Å². The number of Topliss-reactive ketones (excluding diaryl/α,β-unsaturated/α-hetero) is 3. The van der Waals surface area contributed by atoms with Gasteiger partial charge in [0.15, 0.2) is 5.78 Å². The quantitative estimate of drug-likeness (QED) is 0.0359. The fourth-order valence-electron chi connectivity index (χ4n) is 11.6. The third-order valence-electron chi connectivity index (χ3n) is 14.2. The molecule has 7 N–H and O–H groups in total. The van der Waals surface area contributed by atoms with Gasteiger partial charge in [-0.05, 0) is 111 Å². The maximum absolute atomic E-state index is 13.8. The molecule has 23 heteroatoms. The molecule has 7 amide bonds. The van der Waals surface area contributed by atoms with Crippen molar-refractivity contribution < 1.29 is 85.6 Å². The van der Waals surface area contributed by atoms with Crippen LogP contribution in [0.3, 0.4) is 0 Å². The van der Waals surface area contributed by atoms with Crippen LogP contribution in [0, 0.1) is 16.2 Å². The van der Waals surface area contributed by atoms with Crippen LogP contribution >= 0.6 is 0 Å². The normalized spacial score (nSPS) is 23.3. The van der Waals surface area contributed by atoms with Gasteiger partial charge in [-0.25, -0.2) is 0 Å². The van der Waals surface area contributed by atoms with Gasteiger partial charge >= 0.3 is 22.4 Å². The van der Waals surface area contributed by atoms with Crippen LogP contribution in [0.1, 0.15) is 155 Å². The van der Waals surface area contributed by atoms with Crippen molar-refractivity contribution in [3.8, 4) is 0 Å². The molecule has 0 radical (unpaired) electrons. The van der Waals surface area contributed by atoms with Gasteiger partial charge in [-0.15, -0.1) is 5.75 Å². The van der Waals surface area contributed by atoms with E-state index in [1.165, 1.54) is 0 Å². The Morgan fingerprint density at radius 1 is 0.563 bits per heavy atom. The van der Waals surface area contributed by atoms with E-state index < -0.39 is 84.7 Å². The van der Waals surface area contributed by atoms with Gasteiger partial charge in [0.2, 0.25) is 23.6 Å². The Morgan fingerprint density at radius 2 is 1.03 bits per heavy atom. The molecule has 4 aliphatic carbocycles. The number of hydrogen-bond donors (Lipinski definition) is 7. The van der Waals surface area contributed by atoms with Crippen LogP contribution in [-0.2, 0) is 82.9 Å². The summed E-state index contributed by atoms with van der Waals surface area (Å²) in [5.41, 5.74) is -1.12. The molecule has 4 bridgehead atoms. The van der Waals surface area contributed by atoms with Crippen molar-refractivity contribution in [3.05, 3.63) is 16.0 Å². The predicted octanol–water partition coefficient (Wildman–Crippen LogP) is 2.36. The summed E-state index contributed by atoms with van der Waals surface area (Å²) in [5.74, 6) is -5.38. The SMILES string of the molecule is CCC(=O)CCC12CC3(CCC(=O)NC)CC(NC(=O)CCCCCCC(=O)CCC(NC(=O)C(CO)[N-]C(=O)C(CO)[N-]C(=O)C(CO)[N-]C(=O)C[S-])C(=O)CC)(C1)C[C@@](CCC(=O)NC)(C2)C3.[O]=[Tc+4]. The molecule has 0 aliphatic heterocycles. The standard InChI is InChI=1S/C48H79N7O13S.O.Tc/c1-5-31(59)15-18-45-25-46(19-16-38(62)49-3)27-47(26-45,20-17-39(63)50-4)30-48(28-45,29-46)55-40(64)12-10-8-7-9-11-32(60)13-14-33(37(61)6-2)52-43(67)35(22-57)54-44(68)36(23-58)53-42(66)34(21-56)51-41(65)24-69;;/h33-36,56-58H,5-30H2,1-4H3,(H8,49,50,51,52,53,54,55,62,63,64,65,66,67,68,69);;/q;;+4/p-4/t33?,34?,35?,36?,45?,46-,47?,48?;;/m0../s1. The molecule has 0 spiro atoms. The van der Waals surface area contributed by atoms with Crippen molar-refractivity contribution in [1.82, 2.24) is 21.3 Å². The summed E-state index contributed by atoms with van der Waals surface area (Å²) in [7, 11) is 3.25. The second kappa shape index (κ2) is 30.9. The zero-order valence-electron chi connectivity index (χ0n) is 41.7. The molecule has 4 rings (SSSR count). The molecule has 21 nitrogen and oxygen atoms in total. The van der Waals surface area contributed by atoms with E-state index in [-0.39, 0.29) is 77.6 Å². The summed E-state index contributed by atoms with van der Waals surface area (Å²) in [5, 5.41) is 50.8. The number of aliphatic hydroxyl groups excluding tert-OH is 3. The Morgan fingerprint density at radius 3 is 1.48 bits per heavy atom. The van der Waals surface area contributed by atoms with Crippen LogP contribution in [-0.4, -0.2) is 143 Å². The zero-order valence-corrected chi connectivity index (χ0v) is 44.3. The molecule has 8 atom stereocenters. The van der Waals surface area contributed by atoms with Crippen LogP contribution in [0.15, 0.2) is 0 Å². The van der Waals surface area contributed by atoms with E-state index >= 15 is 0 Å². The van der Waals surface area contributed by atoms with Gasteiger partial charge in [0, 0.05) is 109 Å². The molecule has 4 saturated carbocycles. The van der Waals surface area contributed by atoms with Gasteiger partial charge in [-0.1, -0.05) is 26.7 Å². The van der Waals surface area contributed by atoms with Gasteiger partial charge in [0.05, 0.1) is 6.04 Å². The van der Waals surface area contributed by atoms with E-state index in [1.54, 1.807) is 21.0 Å². The Labute approximate surface area is 433 Å². The molecule has 0 saturated heterocycles. The number of nitrogens with zero attached hydrogens (tertiary/aromatic N) is 3. The first-order valence-corrected chi connectivity index (χ1v) is 25.9. The van der Waals surface area contributed by atoms with Crippen LogP contribution < -0.4 is 21.3 Å². The summed E-state index contributed by atoms with van der Waals surface area (Å²) in [4.78, 5) is 127. The topological polar surface area (TPSA) is 339 Å². The Bertz CT molecular complexity index is 1780. The molecular formula is C48H75N7O14STc. The summed E-state index contributed by atoms with van der Waals surface area (Å²) >= 11 is 5.45. The monoisotopic (exact) mass is 1100 g/mol. The summed E-state index contributed by atoms with van der Waals surface area (Å²) in [6.07, 6.45) is 11.5. The minimum absolute atomic E-state index is 0.00424. The molecule has 4 fully saturated rings. The number of amides is 7. The predicted molar refractivity (Wildman–Crippen MR) is 257 cm³/mol. The third-order valence-corrected chi connectivity index (χ3v) is 14.4. The first-order valence-electron chi connectivity index (χ1n) is 24.6. The first-order chi connectivity index (χ1) is 33.7. The Balaban J connectivity index is 0.00000852. The molecule has 4 aliphatic rings. The number of rotatable bonds is 34. The number of ketones is 3. The van der Waals surface area contributed by atoms with Crippen molar-refractivity contribution in [2.45, 2.75) is 185 Å². The second-order valence-corrected chi connectivity index (χ2v) is 20.0. The summed E-state index contributed by atoms with van der Waals surface area (Å²) in [6, 6.07) is -6.42. The van der Waals surface area contributed by atoms with Crippen LogP contribution in [0.25, 0.3) is 16.0 Å². The number of unbranched alkanes of at least 4 members (excludes halogenated alkanes) is 3. The van der Waals surface area contributed by atoms with E-state index in [9.17, 15) is 63.3 Å². The fraction of sp³-hybridized carbons (Fsp3) is 0.792. The summed E-state index contributed by atoms with van der Waals surface area (Å²) in [6.45, 7) is 0.458. The average molecular weight is 1100 g/mol. The van der Waals surface area contributed by atoms with Crippen molar-refractivity contribution in [2.24, 2.45) is 16.2 Å². The number of aliphatic hydroxyl groups is 3. The van der Waals surface area contributed by atoms with Gasteiger partial charge in [-0.3, -0.25) is 33.6 Å². The molecular weight excluding hydrogens is 1030 g/mol. The average Bonchev–Trinajstić information content (AvgIpc) is 3.35. The van der Waals surface area contributed by atoms with Gasteiger partial charge < -0.3 is 79.5 Å². The molecule has 399 valence electrons. The number of carbonyl (C=O) groups is 10. The van der Waals surface area contributed by atoms with Gasteiger partial charge in [0.25, 0.3) is 0 Å². The Kier molecular flexibility index (Phi) is 27.4. The van der Waals surface area contributed by atoms with Crippen molar-refractivity contribution in [3.63, 3.8) is 0 Å². The fourth-order valence-corrected chi connectivity index (χ4v) is 11.7. The molecule has 71 heavy (non-hydrogen) atoms. The van der Waals surface area contributed by atoms with E-state index in [0.717, 1.165) is 63.8 Å². The van der Waals surface area contributed by atoms with Crippen LogP contribution in [0.2, 0.25) is 0 Å². The van der Waals surface area contributed by atoms with Crippen molar-refractivity contribution >= 4 is 71.3 Å².